The van der Waals surface area contributed by atoms with E-state index in [1.165, 1.54) is 14.2 Å². The average molecular weight is 425 g/mol. The van der Waals surface area contributed by atoms with Crippen molar-refractivity contribution in [2.24, 2.45) is 0 Å². The highest BCUT2D eigenvalue weighted by atomic mass is 16.5. The summed E-state index contributed by atoms with van der Waals surface area (Å²) in [6.45, 7) is 1.70. The number of carbonyl (C=O) groups is 3. The smallest absolute Gasteiger partial charge is 0.305 e. The van der Waals surface area contributed by atoms with Crippen LogP contribution in [-0.2, 0) is 14.4 Å². The minimum absolute atomic E-state index is 0.105. The summed E-state index contributed by atoms with van der Waals surface area (Å²) in [5.74, 6) is -2.34. The first-order valence-electron chi connectivity index (χ1n) is 9.57. The van der Waals surface area contributed by atoms with Crippen LogP contribution in [0.2, 0.25) is 0 Å². The van der Waals surface area contributed by atoms with Crippen LogP contribution in [0.1, 0.15) is 29.2 Å². The Bertz CT molecular complexity index is 1060. The molecule has 2 aromatic rings. The van der Waals surface area contributed by atoms with Crippen LogP contribution in [0.4, 0.5) is 0 Å². The third kappa shape index (κ3) is 4.23. The van der Waals surface area contributed by atoms with E-state index < -0.39 is 23.7 Å². The van der Waals surface area contributed by atoms with Crippen LogP contribution in [0.25, 0.3) is 5.76 Å². The second-order valence-corrected chi connectivity index (χ2v) is 7.12. The number of aliphatic hydroxyl groups is 1. The highest BCUT2D eigenvalue weighted by Gasteiger charge is 2.46. The summed E-state index contributed by atoms with van der Waals surface area (Å²) in [5, 5.41) is 20.1. The van der Waals surface area contributed by atoms with Crippen LogP contribution >= 0.6 is 0 Å². The molecule has 0 aromatic heterocycles. The predicted molar refractivity (Wildman–Crippen MR) is 112 cm³/mol. The lowest BCUT2D eigenvalue weighted by Gasteiger charge is -2.25. The number of methoxy groups -OCH3 is 2. The third-order valence-corrected chi connectivity index (χ3v) is 5.15. The second kappa shape index (κ2) is 8.91. The minimum atomic E-state index is -1.11. The molecule has 1 heterocycles. The molecule has 3 rings (SSSR count). The maximum Gasteiger partial charge on any atom is 0.305 e. The van der Waals surface area contributed by atoms with E-state index in [0.717, 1.165) is 10.5 Å². The summed E-state index contributed by atoms with van der Waals surface area (Å²) >= 11 is 0. The number of nitrogens with zero attached hydrogens (tertiary/aromatic N) is 1. The fraction of sp³-hybridized carbons (Fsp3) is 0.261. The molecule has 1 atom stereocenters. The number of Topliss-reactive ketones (excluding diaryl/α,β-unsaturated/α-hetero) is 1. The van der Waals surface area contributed by atoms with Gasteiger partial charge in [0.1, 0.15) is 5.76 Å². The molecular weight excluding hydrogens is 402 g/mol. The van der Waals surface area contributed by atoms with Crippen LogP contribution < -0.4 is 9.47 Å². The van der Waals surface area contributed by atoms with Crippen LogP contribution in [0.3, 0.4) is 0 Å². The van der Waals surface area contributed by atoms with Gasteiger partial charge in [-0.15, -0.1) is 0 Å². The highest BCUT2D eigenvalue weighted by molar-refractivity contribution is 6.46. The van der Waals surface area contributed by atoms with Gasteiger partial charge in [0.05, 0.1) is 32.3 Å². The molecule has 2 aromatic carbocycles. The van der Waals surface area contributed by atoms with Gasteiger partial charge in [0.25, 0.3) is 11.7 Å². The first-order valence-corrected chi connectivity index (χ1v) is 9.57. The Kier molecular flexibility index (Phi) is 6.29. The zero-order valence-electron chi connectivity index (χ0n) is 17.4. The molecule has 1 amide bonds. The van der Waals surface area contributed by atoms with Gasteiger partial charge in [-0.05, 0) is 24.6 Å². The Morgan fingerprint density at radius 3 is 2.23 bits per heavy atom. The van der Waals surface area contributed by atoms with E-state index in [1.54, 1.807) is 42.5 Å². The summed E-state index contributed by atoms with van der Waals surface area (Å²) in [5.41, 5.74) is 1.73. The van der Waals surface area contributed by atoms with Crippen molar-refractivity contribution in [2.75, 3.05) is 20.8 Å². The first kappa shape index (κ1) is 21.9. The molecule has 31 heavy (non-hydrogen) atoms. The number of likely N-dealkylation sites (tertiary alicyclic amines) is 1. The largest absolute Gasteiger partial charge is 0.507 e. The van der Waals surface area contributed by atoms with Crippen molar-refractivity contribution in [3.05, 3.63) is 64.7 Å². The van der Waals surface area contributed by atoms with E-state index in [9.17, 15) is 19.5 Å². The van der Waals surface area contributed by atoms with E-state index in [-0.39, 0.29) is 24.3 Å². The number of amides is 1. The molecule has 0 radical (unpaired) electrons. The summed E-state index contributed by atoms with van der Waals surface area (Å²) in [6.07, 6.45) is -0.346. The van der Waals surface area contributed by atoms with Gasteiger partial charge in [-0.25, -0.2) is 0 Å². The van der Waals surface area contributed by atoms with Crippen LogP contribution in [0, 0.1) is 6.92 Å². The molecule has 1 saturated heterocycles. The Hall–Kier alpha value is -3.81. The van der Waals surface area contributed by atoms with Gasteiger partial charge >= 0.3 is 5.97 Å². The Balaban J connectivity index is 2.19. The van der Waals surface area contributed by atoms with Crippen molar-refractivity contribution in [2.45, 2.75) is 19.4 Å². The molecular formula is C23H23NO7. The van der Waals surface area contributed by atoms with Crippen molar-refractivity contribution >= 4 is 23.4 Å². The van der Waals surface area contributed by atoms with Crippen molar-refractivity contribution in [1.82, 2.24) is 4.90 Å². The molecule has 0 bridgehead atoms. The number of benzene rings is 2. The topological polar surface area (TPSA) is 113 Å². The molecule has 1 fully saturated rings. The SMILES string of the molecule is COc1ccc([C@@H]2C(=C(O)c3ccc(C)cc3)C(=O)C(=O)N2CCC(=O)O)cc1OC. The number of aliphatic hydroxyl groups excluding tert-OH is 1. The van der Waals surface area contributed by atoms with Crippen LogP contribution in [-0.4, -0.2) is 53.5 Å². The number of carboxylic acids is 1. The number of ketones is 1. The van der Waals surface area contributed by atoms with Crippen molar-refractivity contribution < 1.29 is 34.1 Å². The predicted octanol–water partition coefficient (Wildman–Crippen LogP) is 2.91. The van der Waals surface area contributed by atoms with Crippen molar-refractivity contribution in [3.8, 4) is 11.5 Å². The number of hydrogen-bond acceptors (Lipinski definition) is 6. The maximum absolute atomic E-state index is 12.9. The molecule has 0 aliphatic carbocycles. The molecule has 0 spiro atoms. The van der Waals surface area contributed by atoms with Gasteiger partial charge in [-0.1, -0.05) is 35.9 Å². The van der Waals surface area contributed by atoms with E-state index in [2.05, 4.69) is 0 Å². The Morgan fingerprint density at radius 1 is 1.00 bits per heavy atom. The zero-order chi connectivity index (χ0) is 22.7. The van der Waals surface area contributed by atoms with Crippen LogP contribution in [0.15, 0.2) is 48.0 Å². The Labute approximate surface area is 179 Å². The normalized spacial score (nSPS) is 17.6. The molecule has 8 heteroatoms. The maximum atomic E-state index is 12.9. The third-order valence-electron chi connectivity index (χ3n) is 5.15. The van der Waals surface area contributed by atoms with Crippen molar-refractivity contribution in [1.29, 1.82) is 0 Å². The number of hydrogen-bond donors (Lipinski definition) is 2. The summed E-state index contributed by atoms with van der Waals surface area (Å²) in [4.78, 5) is 37.9. The molecule has 162 valence electrons. The fourth-order valence-electron chi connectivity index (χ4n) is 3.56. The van der Waals surface area contributed by atoms with E-state index in [0.29, 0.717) is 22.6 Å². The molecule has 0 saturated carbocycles. The highest BCUT2D eigenvalue weighted by Crippen LogP contribution is 2.42. The van der Waals surface area contributed by atoms with Crippen molar-refractivity contribution in [3.63, 3.8) is 0 Å². The minimum Gasteiger partial charge on any atom is -0.507 e. The molecule has 8 nitrogen and oxygen atoms in total. The van der Waals surface area contributed by atoms with Gasteiger partial charge < -0.3 is 24.6 Å². The molecule has 1 aliphatic rings. The van der Waals surface area contributed by atoms with Gasteiger partial charge in [0.2, 0.25) is 0 Å². The second-order valence-electron chi connectivity index (χ2n) is 7.12. The lowest BCUT2D eigenvalue weighted by atomic mass is 9.94. The van der Waals surface area contributed by atoms with E-state index >= 15 is 0 Å². The average Bonchev–Trinajstić information content (AvgIpc) is 3.01. The van der Waals surface area contributed by atoms with E-state index in [4.69, 9.17) is 14.6 Å². The van der Waals surface area contributed by atoms with E-state index in [1.807, 2.05) is 6.92 Å². The first-order chi connectivity index (χ1) is 14.8. The lowest BCUT2D eigenvalue weighted by molar-refractivity contribution is -0.142. The van der Waals surface area contributed by atoms with Gasteiger partial charge in [0.15, 0.2) is 11.5 Å². The molecule has 1 aliphatic heterocycles. The number of aliphatic carboxylic acids is 1. The molecule has 0 unspecified atom stereocenters. The number of rotatable bonds is 7. The summed E-state index contributed by atoms with van der Waals surface area (Å²) in [6, 6.07) is 10.8. The summed E-state index contributed by atoms with van der Waals surface area (Å²) < 4.78 is 10.6. The standard InChI is InChI=1S/C23H23NO7/c1-13-4-6-14(7-5-13)21(27)19-20(15-8-9-16(30-2)17(12-15)31-3)24(11-10-18(25)26)23(29)22(19)28/h4-9,12,20,27H,10-11H2,1-3H3,(H,25,26)/t20-/m1/s1. The Morgan fingerprint density at radius 2 is 1.65 bits per heavy atom. The lowest BCUT2D eigenvalue weighted by Crippen LogP contribution is -2.31. The van der Waals surface area contributed by atoms with Gasteiger partial charge in [0, 0.05) is 12.1 Å². The molecule has 2 N–H and O–H groups in total. The number of carboxylic acid groups (broad SMARTS) is 1. The zero-order valence-corrected chi connectivity index (χ0v) is 17.4. The quantitative estimate of drug-likeness (QED) is 0.398. The van der Waals surface area contributed by atoms with Crippen LogP contribution in [0.5, 0.6) is 11.5 Å². The summed E-state index contributed by atoms with van der Waals surface area (Å²) in [7, 11) is 2.93. The number of aryl methyl sites for hydroxylation is 1. The monoisotopic (exact) mass is 425 g/mol. The number of ether oxygens (including phenoxy) is 2. The van der Waals surface area contributed by atoms with Gasteiger partial charge in [-0.2, -0.15) is 0 Å². The number of carbonyl (C=O) groups excluding carboxylic acids is 2. The fourth-order valence-corrected chi connectivity index (χ4v) is 3.56. The van der Waals surface area contributed by atoms with Gasteiger partial charge in [-0.3, -0.25) is 14.4 Å².